The second kappa shape index (κ2) is 7.28. The van der Waals surface area contributed by atoms with Crippen LogP contribution < -0.4 is 5.32 Å². The lowest BCUT2D eigenvalue weighted by molar-refractivity contribution is -0.187. The number of nitrogens with zero attached hydrogens (tertiary/aromatic N) is 1. The number of hydrogen-bond donors (Lipinski definition) is 2. The minimum Gasteiger partial charge on any atom is -0.481 e. The molecule has 5 nitrogen and oxygen atoms in total. The molecule has 9 heteroatoms. The second-order valence-corrected chi connectivity index (χ2v) is 6.14. The van der Waals surface area contributed by atoms with Crippen LogP contribution >= 0.6 is 0 Å². The molecule has 1 heterocycles. The molecule has 1 aromatic carbocycles. The first-order valence-corrected chi connectivity index (χ1v) is 7.67. The molecule has 3 atom stereocenters. The highest BCUT2D eigenvalue weighted by atomic mass is 19.4. The lowest BCUT2D eigenvalue weighted by atomic mass is 9.96. The zero-order chi connectivity index (χ0) is 18.8. The fourth-order valence-corrected chi connectivity index (χ4v) is 2.81. The molecular formula is C16H18F4N2O3. The summed E-state index contributed by atoms with van der Waals surface area (Å²) in [7, 11) is 0. The largest absolute Gasteiger partial charge is 0.481 e. The number of urea groups is 1. The van der Waals surface area contributed by atoms with Gasteiger partial charge in [0, 0.05) is 19.6 Å². The molecule has 0 radical (unpaired) electrons. The number of benzene rings is 1. The Balaban J connectivity index is 1.94. The first kappa shape index (κ1) is 19.0. The summed E-state index contributed by atoms with van der Waals surface area (Å²) < 4.78 is 51.7. The van der Waals surface area contributed by atoms with Crippen molar-refractivity contribution in [2.75, 3.05) is 19.6 Å². The minimum absolute atomic E-state index is 0.134. The summed E-state index contributed by atoms with van der Waals surface area (Å²) in [5, 5.41) is 11.4. The molecule has 0 saturated carbocycles. The smallest absolute Gasteiger partial charge is 0.394 e. The van der Waals surface area contributed by atoms with Crippen molar-refractivity contribution in [1.82, 2.24) is 10.2 Å². The third kappa shape index (κ3) is 4.61. The molecule has 2 amide bonds. The van der Waals surface area contributed by atoms with E-state index in [1.807, 2.05) is 0 Å². The molecule has 0 bridgehead atoms. The van der Waals surface area contributed by atoms with E-state index in [-0.39, 0.29) is 12.5 Å². The number of carboxylic acid groups (broad SMARTS) is 1. The number of amides is 2. The van der Waals surface area contributed by atoms with E-state index in [1.165, 1.54) is 12.1 Å². The highest BCUT2D eigenvalue weighted by Crippen LogP contribution is 2.37. The normalized spacial score (nSPS) is 21.9. The average Bonchev–Trinajstić information content (AvgIpc) is 2.99. The van der Waals surface area contributed by atoms with Crippen LogP contribution in [0.3, 0.4) is 0 Å². The fourth-order valence-electron chi connectivity index (χ4n) is 2.81. The number of nitrogens with one attached hydrogen (secondary N) is 1. The van der Waals surface area contributed by atoms with Crippen molar-refractivity contribution < 1.29 is 32.3 Å². The van der Waals surface area contributed by atoms with Crippen LogP contribution in [-0.2, 0) is 4.79 Å². The van der Waals surface area contributed by atoms with Gasteiger partial charge in [-0.1, -0.05) is 19.1 Å². The zero-order valence-electron chi connectivity index (χ0n) is 13.4. The van der Waals surface area contributed by atoms with Gasteiger partial charge in [0.2, 0.25) is 0 Å². The molecule has 25 heavy (non-hydrogen) atoms. The SMILES string of the molecule is CC(CNC(=O)N1C[C@@H](C(F)(F)F)[C@H](C(=O)O)C1)c1ccc(F)cc1. The van der Waals surface area contributed by atoms with Crippen molar-refractivity contribution in [1.29, 1.82) is 0 Å². The predicted octanol–water partition coefficient (Wildman–Crippen LogP) is 2.83. The molecule has 1 aliphatic heterocycles. The maximum Gasteiger partial charge on any atom is 0.394 e. The Kier molecular flexibility index (Phi) is 5.54. The molecule has 138 valence electrons. The van der Waals surface area contributed by atoms with Gasteiger partial charge in [-0.05, 0) is 23.6 Å². The zero-order valence-corrected chi connectivity index (χ0v) is 13.4. The number of halogens is 4. The molecule has 0 aliphatic carbocycles. The van der Waals surface area contributed by atoms with Gasteiger partial charge in [-0.25, -0.2) is 9.18 Å². The molecule has 1 aromatic rings. The molecule has 0 spiro atoms. The molecule has 1 fully saturated rings. The maximum absolute atomic E-state index is 12.9. The number of alkyl halides is 3. The highest BCUT2D eigenvalue weighted by molar-refractivity contribution is 5.77. The van der Waals surface area contributed by atoms with Gasteiger partial charge in [-0.2, -0.15) is 13.2 Å². The average molecular weight is 362 g/mol. The number of carbonyl (C=O) groups excluding carboxylic acids is 1. The van der Waals surface area contributed by atoms with E-state index in [9.17, 15) is 27.2 Å². The van der Waals surface area contributed by atoms with Crippen LogP contribution in [0.4, 0.5) is 22.4 Å². The number of carboxylic acids is 1. The number of carbonyl (C=O) groups is 2. The van der Waals surface area contributed by atoms with Gasteiger partial charge in [0.25, 0.3) is 0 Å². The predicted molar refractivity (Wildman–Crippen MR) is 80.5 cm³/mol. The van der Waals surface area contributed by atoms with Crippen LogP contribution in [0.2, 0.25) is 0 Å². The Morgan fingerprint density at radius 1 is 1.28 bits per heavy atom. The summed E-state index contributed by atoms with van der Waals surface area (Å²) >= 11 is 0. The van der Waals surface area contributed by atoms with Crippen molar-refractivity contribution in [2.24, 2.45) is 11.8 Å². The first-order valence-electron chi connectivity index (χ1n) is 7.67. The van der Waals surface area contributed by atoms with E-state index in [4.69, 9.17) is 5.11 Å². The Morgan fingerprint density at radius 2 is 1.88 bits per heavy atom. The van der Waals surface area contributed by atoms with Crippen LogP contribution in [0.15, 0.2) is 24.3 Å². The van der Waals surface area contributed by atoms with Crippen molar-refractivity contribution in [2.45, 2.75) is 19.0 Å². The molecule has 1 saturated heterocycles. The summed E-state index contributed by atoms with van der Waals surface area (Å²) in [4.78, 5) is 24.0. The number of rotatable bonds is 4. The lowest BCUT2D eigenvalue weighted by Crippen LogP contribution is -2.40. The molecule has 2 N–H and O–H groups in total. The quantitative estimate of drug-likeness (QED) is 0.810. The molecule has 1 aliphatic rings. The van der Waals surface area contributed by atoms with Crippen LogP contribution in [0.1, 0.15) is 18.4 Å². The minimum atomic E-state index is -4.68. The van der Waals surface area contributed by atoms with E-state index in [1.54, 1.807) is 19.1 Å². The van der Waals surface area contributed by atoms with Crippen molar-refractivity contribution >= 4 is 12.0 Å². The summed E-state index contributed by atoms with van der Waals surface area (Å²) in [5.74, 6) is -5.89. The summed E-state index contributed by atoms with van der Waals surface area (Å²) in [5.41, 5.74) is 0.764. The number of hydrogen-bond acceptors (Lipinski definition) is 2. The van der Waals surface area contributed by atoms with E-state index < -0.39 is 48.9 Å². The van der Waals surface area contributed by atoms with Crippen LogP contribution in [-0.4, -0.2) is 47.8 Å². The monoisotopic (exact) mass is 362 g/mol. The Hall–Kier alpha value is -2.32. The van der Waals surface area contributed by atoms with Gasteiger partial charge < -0.3 is 15.3 Å². The Bertz CT molecular complexity index is 633. The number of aliphatic carboxylic acids is 1. The summed E-state index contributed by atoms with van der Waals surface area (Å²) in [6.07, 6.45) is -4.68. The molecular weight excluding hydrogens is 344 g/mol. The fraction of sp³-hybridized carbons (Fsp3) is 0.500. The van der Waals surface area contributed by atoms with Crippen molar-refractivity contribution in [3.8, 4) is 0 Å². The van der Waals surface area contributed by atoms with Gasteiger partial charge in [0.1, 0.15) is 5.82 Å². The highest BCUT2D eigenvalue weighted by Gasteiger charge is 2.53. The van der Waals surface area contributed by atoms with E-state index in [2.05, 4.69) is 5.32 Å². The van der Waals surface area contributed by atoms with Gasteiger partial charge in [-0.3, -0.25) is 4.79 Å². The van der Waals surface area contributed by atoms with Crippen LogP contribution in [0.25, 0.3) is 0 Å². The van der Waals surface area contributed by atoms with Crippen LogP contribution in [0.5, 0.6) is 0 Å². The van der Waals surface area contributed by atoms with E-state index in [0.717, 1.165) is 10.5 Å². The first-order chi connectivity index (χ1) is 11.6. The van der Waals surface area contributed by atoms with E-state index >= 15 is 0 Å². The molecule has 2 rings (SSSR count). The topological polar surface area (TPSA) is 69.6 Å². The van der Waals surface area contributed by atoms with Gasteiger partial charge >= 0.3 is 18.2 Å². The Morgan fingerprint density at radius 3 is 2.36 bits per heavy atom. The number of likely N-dealkylation sites (tertiary alicyclic amines) is 1. The second-order valence-electron chi connectivity index (χ2n) is 6.14. The van der Waals surface area contributed by atoms with Crippen molar-refractivity contribution in [3.05, 3.63) is 35.6 Å². The van der Waals surface area contributed by atoms with Crippen molar-refractivity contribution in [3.63, 3.8) is 0 Å². The van der Waals surface area contributed by atoms with Crippen LogP contribution in [0, 0.1) is 17.7 Å². The Labute approximate surface area is 141 Å². The van der Waals surface area contributed by atoms with Gasteiger partial charge in [0.15, 0.2) is 0 Å². The molecule has 0 aromatic heterocycles. The third-order valence-corrected chi connectivity index (χ3v) is 4.34. The lowest BCUT2D eigenvalue weighted by Gasteiger charge is -2.20. The third-order valence-electron chi connectivity index (χ3n) is 4.34. The summed E-state index contributed by atoms with van der Waals surface area (Å²) in [6.45, 7) is 0.735. The summed E-state index contributed by atoms with van der Waals surface area (Å²) in [6, 6.07) is 4.93. The molecule has 1 unspecified atom stereocenters. The standard InChI is InChI=1S/C16H18F4N2O3/c1-9(10-2-4-11(17)5-3-10)6-21-15(25)22-7-12(14(23)24)13(8-22)16(18,19)20/h2-5,9,12-13H,6-8H2,1H3,(H,21,25)(H,23,24)/t9?,12-,13-/m1/s1. The van der Waals surface area contributed by atoms with Gasteiger partial charge in [0.05, 0.1) is 11.8 Å². The maximum atomic E-state index is 12.9. The van der Waals surface area contributed by atoms with Gasteiger partial charge in [-0.15, -0.1) is 0 Å². The van der Waals surface area contributed by atoms with E-state index in [0.29, 0.717) is 0 Å².